The van der Waals surface area contributed by atoms with E-state index in [-0.39, 0.29) is 6.10 Å². The third kappa shape index (κ3) is 3.07. The average Bonchev–Trinajstić information content (AvgIpc) is 2.99. The van der Waals surface area contributed by atoms with Crippen molar-refractivity contribution >= 4 is 26.8 Å². The van der Waals surface area contributed by atoms with Crippen LogP contribution >= 0.6 is 15.9 Å². The fourth-order valence-electron chi connectivity index (χ4n) is 2.79. The van der Waals surface area contributed by atoms with E-state index in [1.54, 1.807) is 12.4 Å². The van der Waals surface area contributed by atoms with Crippen molar-refractivity contribution in [1.82, 2.24) is 25.5 Å². The summed E-state index contributed by atoms with van der Waals surface area (Å²) in [5.74, 6) is 0.544. The highest BCUT2D eigenvalue weighted by molar-refractivity contribution is 9.10. The summed E-state index contributed by atoms with van der Waals surface area (Å²) < 4.78 is 6.95. The maximum atomic E-state index is 5.95. The largest absolute Gasteiger partial charge is 0.472 e. The molecule has 3 aromatic rings. The van der Waals surface area contributed by atoms with Crippen LogP contribution < -0.4 is 10.1 Å². The van der Waals surface area contributed by atoms with Crippen LogP contribution in [0.2, 0.25) is 0 Å². The molecule has 2 aromatic heterocycles. The molecule has 0 aliphatic carbocycles. The maximum absolute atomic E-state index is 5.95. The summed E-state index contributed by atoms with van der Waals surface area (Å²) in [4.78, 5) is 8.84. The summed E-state index contributed by atoms with van der Waals surface area (Å²) in [7, 11) is 0. The lowest BCUT2D eigenvalue weighted by Crippen LogP contribution is -2.37. The smallest absolute Gasteiger partial charge is 0.233 e. The molecule has 1 fully saturated rings. The summed E-state index contributed by atoms with van der Waals surface area (Å²) in [5.41, 5.74) is 2.45. The Labute approximate surface area is 141 Å². The van der Waals surface area contributed by atoms with Gasteiger partial charge < -0.3 is 10.1 Å². The molecule has 1 aliphatic rings. The topological polar surface area (TPSA) is 75.7 Å². The van der Waals surface area contributed by atoms with Gasteiger partial charge in [-0.1, -0.05) is 15.9 Å². The zero-order valence-electron chi connectivity index (χ0n) is 12.4. The monoisotopic (exact) mass is 373 g/mol. The molecule has 2 N–H and O–H groups in total. The van der Waals surface area contributed by atoms with Gasteiger partial charge in [0.15, 0.2) is 0 Å². The average molecular weight is 374 g/mol. The molecule has 1 saturated heterocycles. The predicted molar refractivity (Wildman–Crippen MR) is 91.3 cm³/mol. The Morgan fingerprint density at radius 3 is 3.09 bits per heavy atom. The highest BCUT2D eigenvalue weighted by atomic mass is 79.9. The van der Waals surface area contributed by atoms with Crippen LogP contribution in [-0.2, 0) is 0 Å². The van der Waals surface area contributed by atoms with E-state index in [0.29, 0.717) is 11.6 Å². The molecule has 7 heteroatoms. The van der Waals surface area contributed by atoms with Crippen molar-refractivity contribution in [3.05, 3.63) is 35.1 Å². The molecule has 6 nitrogen and oxygen atoms in total. The highest BCUT2D eigenvalue weighted by Gasteiger charge is 2.16. The van der Waals surface area contributed by atoms with E-state index in [0.717, 1.165) is 47.0 Å². The SMILES string of the molecule is Brc1ccc2[nH]nc(-c3cncc(O[C@@H]4CCCNC4)n3)c2c1. The Kier molecular flexibility index (Phi) is 3.97. The van der Waals surface area contributed by atoms with E-state index in [9.17, 15) is 0 Å². The number of piperidine rings is 1. The van der Waals surface area contributed by atoms with Gasteiger partial charge in [0.1, 0.15) is 17.5 Å². The fourth-order valence-corrected chi connectivity index (χ4v) is 3.15. The van der Waals surface area contributed by atoms with Gasteiger partial charge in [-0.25, -0.2) is 4.98 Å². The highest BCUT2D eigenvalue weighted by Crippen LogP contribution is 2.28. The van der Waals surface area contributed by atoms with E-state index in [2.05, 4.69) is 41.4 Å². The van der Waals surface area contributed by atoms with Crippen molar-refractivity contribution in [3.63, 3.8) is 0 Å². The number of ether oxygens (including phenoxy) is 1. The minimum Gasteiger partial charge on any atom is -0.472 e. The van der Waals surface area contributed by atoms with Gasteiger partial charge in [-0.15, -0.1) is 0 Å². The number of fused-ring (bicyclic) bond motifs is 1. The van der Waals surface area contributed by atoms with Crippen LogP contribution in [0.3, 0.4) is 0 Å². The van der Waals surface area contributed by atoms with Crippen LogP contribution in [0.1, 0.15) is 12.8 Å². The number of nitrogens with one attached hydrogen (secondary N) is 2. The second-order valence-corrected chi connectivity index (χ2v) is 6.51. The molecule has 1 aliphatic heterocycles. The third-order valence-corrected chi connectivity index (χ3v) is 4.41. The lowest BCUT2D eigenvalue weighted by molar-refractivity contribution is 0.160. The van der Waals surface area contributed by atoms with Gasteiger partial charge in [0.25, 0.3) is 0 Å². The van der Waals surface area contributed by atoms with Gasteiger partial charge in [0.2, 0.25) is 5.88 Å². The number of benzene rings is 1. The number of hydrogen-bond donors (Lipinski definition) is 2. The quantitative estimate of drug-likeness (QED) is 0.737. The van der Waals surface area contributed by atoms with Gasteiger partial charge in [-0.2, -0.15) is 5.10 Å². The van der Waals surface area contributed by atoms with Gasteiger partial charge in [-0.05, 0) is 37.6 Å². The normalized spacial score (nSPS) is 18.2. The van der Waals surface area contributed by atoms with Crippen LogP contribution in [-0.4, -0.2) is 39.4 Å². The molecule has 0 amide bonds. The molecule has 1 aromatic carbocycles. The Balaban J connectivity index is 1.65. The molecule has 118 valence electrons. The molecule has 0 spiro atoms. The van der Waals surface area contributed by atoms with Gasteiger partial charge >= 0.3 is 0 Å². The summed E-state index contributed by atoms with van der Waals surface area (Å²) in [6, 6.07) is 5.98. The minimum absolute atomic E-state index is 0.151. The van der Waals surface area contributed by atoms with Crippen LogP contribution in [0.5, 0.6) is 5.88 Å². The van der Waals surface area contributed by atoms with Gasteiger partial charge in [0.05, 0.1) is 17.9 Å². The zero-order valence-corrected chi connectivity index (χ0v) is 14.0. The first-order valence-corrected chi connectivity index (χ1v) is 8.42. The zero-order chi connectivity index (χ0) is 15.6. The Morgan fingerprint density at radius 1 is 1.26 bits per heavy atom. The van der Waals surface area contributed by atoms with Gasteiger partial charge in [-0.3, -0.25) is 10.1 Å². The Bertz CT molecular complexity index is 828. The lowest BCUT2D eigenvalue weighted by Gasteiger charge is -2.23. The number of aromatic amines is 1. The van der Waals surface area contributed by atoms with Crippen molar-refractivity contribution < 1.29 is 4.74 Å². The predicted octanol–water partition coefficient (Wildman–Crippen LogP) is 2.91. The second-order valence-electron chi connectivity index (χ2n) is 5.59. The van der Waals surface area contributed by atoms with Crippen LogP contribution in [0.25, 0.3) is 22.3 Å². The van der Waals surface area contributed by atoms with Crippen molar-refractivity contribution in [3.8, 4) is 17.3 Å². The third-order valence-electron chi connectivity index (χ3n) is 3.92. The molecule has 0 bridgehead atoms. The summed E-state index contributed by atoms with van der Waals surface area (Å²) in [5, 5.41) is 11.7. The molecular weight excluding hydrogens is 358 g/mol. The van der Waals surface area contributed by atoms with Gasteiger partial charge in [0, 0.05) is 16.4 Å². The summed E-state index contributed by atoms with van der Waals surface area (Å²) in [6.07, 6.45) is 5.68. The number of H-pyrrole nitrogens is 1. The van der Waals surface area contributed by atoms with E-state index in [4.69, 9.17) is 4.74 Å². The standard InChI is InChI=1S/C16H16BrN5O/c17-10-3-4-13-12(6-10)16(22-21-13)14-8-19-9-15(20-14)23-11-2-1-5-18-7-11/h3-4,6,8-9,11,18H,1-2,5,7H2,(H,21,22)/t11-/m1/s1. The first-order valence-electron chi connectivity index (χ1n) is 7.63. The number of hydrogen-bond acceptors (Lipinski definition) is 5. The van der Waals surface area contributed by atoms with Crippen LogP contribution in [0.15, 0.2) is 35.1 Å². The molecule has 23 heavy (non-hydrogen) atoms. The molecule has 1 atom stereocenters. The molecule has 0 unspecified atom stereocenters. The van der Waals surface area contributed by atoms with Crippen LogP contribution in [0, 0.1) is 0 Å². The maximum Gasteiger partial charge on any atom is 0.233 e. The van der Waals surface area contributed by atoms with Crippen molar-refractivity contribution in [2.75, 3.05) is 13.1 Å². The van der Waals surface area contributed by atoms with Crippen molar-refractivity contribution in [1.29, 1.82) is 0 Å². The lowest BCUT2D eigenvalue weighted by atomic mass is 10.1. The first kappa shape index (κ1) is 14.6. The second kappa shape index (κ2) is 6.25. The van der Waals surface area contributed by atoms with Crippen LogP contribution in [0.4, 0.5) is 0 Å². The number of aromatic nitrogens is 4. The Hall–Kier alpha value is -1.99. The van der Waals surface area contributed by atoms with E-state index in [1.807, 2.05) is 18.2 Å². The summed E-state index contributed by atoms with van der Waals surface area (Å²) in [6.45, 7) is 1.91. The van der Waals surface area contributed by atoms with Crippen molar-refractivity contribution in [2.45, 2.75) is 18.9 Å². The molecular formula is C16H16BrN5O. The van der Waals surface area contributed by atoms with E-state index >= 15 is 0 Å². The van der Waals surface area contributed by atoms with Crippen molar-refractivity contribution in [2.24, 2.45) is 0 Å². The Morgan fingerprint density at radius 2 is 2.22 bits per heavy atom. The molecule has 4 rings (SSSR count). The molecule has 0 radical (unpaired) electrons. The minimum atomic E-state index is 0.151. The fraction of sp³-hybridized carbons (Fsp3) is 0.312. The molecule has 3 heterocycles. The molecule has 0 saturated carbocycles. The first-order chi connectivity index (χ1) is 11.3. The number of nitrogens with zero attached hydrogens (tertiary/aromatic N) is 3. The van der Waals surface area contributed by atoms with E-state index in [1.165, 1.54) is 0 Å². The number of rotatable bonds is 3. The van der Waals surface area contributed by atoms with E-state index < -0.39 is 0 Å². The number of halogens is 1. The summed E-state index contributed by atoms with van der Waals surface area (Å²) >= 11 is 3.49.